The molecule has 1 aromatic rings. The molecule has 0 aliphatic carbocycles. The second-order valence-corrected chi connectivity index (χ2v) is 6.60. The molecular weight excluding hydrogens is 222 g/mol. The first-order valence-electron chi connectivity index (χ1n) is 7.12. The van der Waals surface area contributed by atoms with Crippen LogP contribution in [0.4, 0.5) is 0 Å². The number of likely N-dealkylation sites (N-methyl/N-ethyl adjacent to an activating group) is 1. The molecule has 0 radical (unpaired) electrons. The van der Waals surface area contributed by atoms with Gasteiger partial charge in [0.05, 0.1) is 0 Å². The van der Waals surface area contributed by atoms with Crippen LogP contribution in [-0.4, -0.2) is 22.6 Å². The third kappa shape index (κ3) is 6.20. The van der Waals surface area contributed by atoms with Gasteiger partial charge in [-0.15, -0.1) is 0 Å². The Kier molecular flexibility index (Phi) is 5.86. The molecule has 1 aromatic heterocycles. The standard InChI is InChI=1S/C15H29N3/c1-6-16-13(10-14-17-7-8-18-14)9-12(2)11-15(3,4)5/h7-8,12-13,16H,6,9-11H2,1-5H3,(H,17,18). The smallest absolute Gasteiger partial charge is 0.107 e. The molecule has 3 heteroatoms. The zero-order chi connectivity index (χ0) is 13.6. The number of hydrogen-bond donors (Lipinski definition) is 2. The van der Waals surface area contributed by atoms with Crippen molar-refractivity contribution < 1.29 is 0 Å². The quantitative estimate of drug-likeness (QED) is 0.780. The highest BCUT2D eigenvalue weighted by Crippen LogP contribution is 2.27. The number of hydrogen-bond acceptors (Lipinski definition) is 2. The monoisotopic (exact) mass is 251 g/mol. The molecule has 3 nitrogen and oxygen atoms in total. The number of rotatable bonds is 7. The van der Waals surface area contributed by atoms with E-state index >= 15 is 0 Å². The summed E-state index contributed by atoms with van der Waals surface area (Å²) in [5.41, 5.74) is 0.418. The molecule has 1 heterocycles. The molecular formula is C15H29N3. The molecule has 0 spiro atoms. The van der Waals surface area contributed by atoms with Crippen molar-refractivity contribution in [3.05, 3.63) is 18.2 Å². The normalized spacial score (nSPS) is 15.6. The van der Waals surface area contributed by atoms with E-state index in [-0.39, 0.29) is 0 Å². The summed E-state index contributed by atoms with van der Waals surface area (Å²) in [6, 6.07) is 0.526. The maximum Gasteiger partial charge on any atom is 0.107 e. The van der Waals surface area contributed by atoms with Crippen molar-refractivity contribution in [1.29, 1.82) is 0 Å². The van der Waals surface area contributed by atoms with Crippen LogP contribution in [0.2, 0.25) is 0 Å². The number of nitrogens with one attached hydrogen (secondary N) is 2. The number of H-pyrrole nitrogens is 1. The Balaban J connectivity index is 2.46. The molecule has 2 atom stereocenters. The minimum Gasteiger partial charge on any atom is -0.349 e. The summed E-state index contributed by atoms with van der Waals surface area (Å²) in [4.78, 5) is 7.52. The van der Waals surface area contributed by atoms with Crippen molar-refractivity contribution >= 4 is 0 Å². The second kappa shape index (κ2) is 6.93. The topological polar surface area (TPSA) is 40.7 Å². The predicted molar refractivity (Wildman–Crippen MR) is 77.6 cm³/mol. The molecule has 0 saturated heterocycles. The Morgan fingerprint density at radius 3 is 2.61 bits per heavy atom. The van der Waals surface area contributed by atoms with Gasteiger partial charge in [0, 0.05) is 24.9 Å². The van der Waals surface area contributed by atoms with Crippen LogP contribution < -0.4 is 5.32 Å². The summed E-state index contributed by atoms with van der Waals surface area (Å²) >= 11 is 0. The molecule has 18 heavy (non-hydrogen) atoms. The van der Waals surface area contributed by atoms with Crippen molar-refractivity contribution in [2.24, 2.45) is 11.3 Å². The maximum atomic E-state index is 4.32. The Morgan fingerprint density at radius 1 is 1.39 bits per heavy atom. The van der Waals surface area contributed by atoms with E-state index in [1.54, 1.807) is 0 Å². The molecule has 0 aromatic carbocycles. The predicted octanol–water partition coefficient (Wildman–Crippen LogP) is 3.39. The molecule has 0 aliphatic rings. The lowest BCUT2D eigenvalue weighted by atomic mass is 9.82. The lowest BCUT2D eigenvalue weighted by molar-refractivity contribution is 0.274. The van der Waals surface area contributed by atoms with Gasteiger partial charge < -0.3 is 10.3 Å². The third-order valence-corrected chi connectivity index (χ3v) is 3.14. The minimum atomic E-state index is 0.418. The Morgan fingerprint density at radius 2 is 2.11 bits per heavy atom. The lowest BCUT2D eigenvalue weighted by Crippen LogP contribution is -2.33. The molecule has 0 fully saturated rings. The van der Waals surface area contributed by atoms with E-state index in [0.29, 0.717) is 11.5 Å². The summed E-state index contributed by atoms with van der Waals surface area (Å²) in [6.45, 7) is 12.5. The maximum absolute atomic E-state index is 4.32. The molecule has 0 saturated carbocycles. The van der Waals surface area contributed by atoms with Crippen molar-refractivity contribution in [3.63, 3.8) is 0 Å². The van der Waals surface area contributed by atoms with Gasteiger partial charge in [0.15, 0.2) is 0 Å². The minimum absolute atomic E-state index is 0.418. The first kappa shape index (κ1) is 15.2. The first-order chi connectivity index (χ1) is 8.40. The fourth-order valence-corrected chi connectivity index (χ4v) is 2.78. The largest absolute Gasteiger partial charge is 0.349 e. The third-order valence-electron chi connectivity index (χ3n) is 3.14. The fourth-order valence-electron chi connectivity index (χ4n) is 2.78. The van der Waals surface area contributed by atoms with E-state index in [0.717, 1.165) is 24.7 Å². The van der Waals surface area contributed by atoms with Gasteiger partial charge in [-0.2, -0.15) is 0 Å². The van der Waals surface area contributed by atoms with Crippen LogP contribution in [-0.2, 0) is 6.42 Å². The van der Waals surface area contributed by atoms with E-state index in [1.807, 2.05) is 12.4 Å². The molecule has 0 bridgehead atoms. The van der Waals surface area contributed by atoms with Crippen LogP contribution in [0.15, 0.2) is 12.4 Å². The Hall–Kier alpha value is -0.830. The molecule has 0 amide bonds. The molecule has 1 rings (SSSR count). The summed E-state index contributed by atoms with van der Waals surface area (Å²) in [5.74, 6) is 1.83. The van der Waals surface area contributed by atoms with E-state index in [2.05, 4.69) is 49.9 Å². The van der Waals surface area contributed by atoms with E-state index in [1.165, 1.54) is 12.8 Å². The molecule has 2 unspecified atom stereocenters. The van der Waals surface area contributed by atoms with Crippen molar-refractivity contribution in [2.45, 2.75) is 59.9 Å². The van der Waals surface area contributed by atoms with Crippen LogP contribution >= 0.6 is 0 Å². The summed E-state index contributed by atoms with van der Waals surface area (Å²) < 4.78 is 0. The summed E-state index contributed by atoms with van der Waals surface area (Å²) in [5, 5.41) is 3.58. The summed E-state index contributed by atoms with van der Waals surface area (Å²) in [7, 11) is 0. The van der Waals surface area contributed by atoms with E-state index in [4.69, 9.17) is 0 Å². The van der Waals surface area contributed by atoms with Gasteiger partial charge in [-0.05, 0) is 30.7 Å². The van der Waals surface area contributed by atoms with Gasteiger partial charge in [0.2, 0.25) is 0 Å². The second-order valence-electron chi connectivity index (χ2n) is 6.60. The number of nitrogens with zero attached hydrogens (tertiary/aromatic N) is 1. The highest BCUT2D eigenvalue weighted by Gasteiger charge is 2.19. The molecule has 104 valence electrons. The average Bonchev–Trinajstić information content (AvgIpc) is 2.67. The average molecular weight is 251 g/mol. The van der Waals surface area contributed by atoms with E-state index < -0.39 is 0 Å². The number of aromatic amines is 1. The number of aromatic nitrogens is 2. The van der Waals surface area contributed by atoms with Gasteiger partial charge in [0.25, 0.3) is 0 Å². The van der Waals surface area contributed by atoms with Crippen molar-refractivity contribution in [1.82, 2.24) is 15.3 Å². The van der Waals surface area contributed by atoms with Gasteiger partial charge >= 0.3 is 0 Å². The Bertz CT molecular complexity index is 311. The lowest BCUT2D eigenvalue weighted by Gasteiger charge is -2.26. The van der Waals surface area contributed by atoms with Crippen LogP contribution in [0.3, 0.4) is 0 Å². The number of imidazole rings is 1. The summed E-state index contributed by atoms with van der Waals surface area (Å²) in [6.07, 6.45) is 7.21. The van der Waals surface area contributed by atoms with Gasteiger partial charge in [-0.1, -0.05) is 34.6 Å². The first-order valence-corrected chi connectivity index (χ1v) is 7.12. The van der Waals surface area contributed by atoms with Crippen LogP contribution in [0.25, 0.3) is 0 Å². The zero-order valence-electron chi connectivity index (χ0n) is 12.6. The van der Waals surface area contributed by atoms with Crippen molar-refractivity contribution in [2.75, 3.05) is 6.54 Å². The highest BCUT2D eigenvalue weighted by molar-refractivity contribution is 4.91. The Labute approximate surface area is 112 Å². The highest BCUT2D eigenvalue weighted by atomic mass is 14.9. The van der Waals surface area contributed by atoms with Gasteiger partial charge in [-0.25, -0.2) is 4.98 Å². The zero-order valence-corrected chi connectivity index (χ0v) is 12.6. The van der Waals surface area contributed by atoms with Gasteiger partial charge in [-0.3, -0.25) is 0 Å². The fraction of sp³-hybridized carbons (Fsp3) is 0.800. The molecule has 0 aliphatic heterocycles. The van der Waals surface area contributed by atoms with E-state index in [9.17, 15) is 0 Å². The molecule has 2 N–H and O–H groups in total. The van der Waals surface area contributed by atoms with Crippen LogP contribution in [0.5, 0.6) is 0 Å². The SMILES string of the molecule is CCNC(Cc1ncc[nH]1)CC(C)CC(C)(C)C. The van der Waals surface area contributed by atoms with Crippen LogP contribution in [0, 0.1) is 11.3 Å². The van der Waals surface area contributed by atoms with Gasteiger partial charge in [0.1, 0.15) is 5.82 Å². The van der Waals surface area contributed by atoms with Crippen LogP contribution in [0.1, 0.15) is 53.3 Å². The van der Waals surface area contributed by atoms with Crippen molar-refractivity contribution in [3.8, 4) is 0 Å².